The van der Waals surface area contributed by atoms with Crippen LogP contribution in [0.1, 0.15) is 29.7 Å². The van der Waals surface area contributed by atoms with E-state index < -0.39 is 0 Å². The van der Waals surface area contributed by atoms with E-state index in [-0.39, 0.29) is 11.5 Å². The lowest BCUT2D eigenvalue weighted by Crippen LogP contribution is -2.30. The predicted molar refractivity (Wildman–Crippen MR) is 205 cm³/mol. The summed E-state index contributed by atoms with van der Waals surface area (Å²) in [7, 11) is 0. The lowest BCUT2D eigenvalue weighted by Gasteiger charge is -2.33. The van der Waals surface area contributed by atoms with Crippen molar-refractivity contribution < 1.29 is 0 Å². The fourth-order valence-corrected chi connectivity index (χ4v) is 9.47. The van der Waals surface area contributed by atoms with Crippen LogP contribution in [0.3, 0.4) is 0 Å². The maximum atomic E-state index is 3.99. The second-order valence-electron chi connectivity index (χ2n) is 13.2. The van der Waals surface area contributed by atoms with Crippen molar-refractivity contribution in [2.75, 3.05) is 5.32 Å². The van der Waals surface area contributed by atoms with Gasteiger partial charge in [-0.2, -0.15) is 0 Å². The Balaban J connectivity index is 1.16. The predicted octanol–water partition coefficient (Wildman–Crippen LogP) is 12.3. The summed E-state index contributed by atoms with van der Waals surface area (Å²) >= 11 is 1.89. The van der Waals surface area contributed by atoms with E-state index in [1.165, 1.54) is 81.2 Å². The number of hydrogen-bond donors (Lipinski definition) is 1. The van der Waals surface area contributed by atoms with Crippen molar-refractivity contribution in [1.82, 2.24) is 4.57 Å². The molecule has 3 heterocycles. The van der Waals surface area contributed by atoms with Crippen LogP contribution in [0.2, 0.25) is 0 Å². The molecule has 10 rings (SSSR count). The molecule has 0 saturated heterocycles. The molecule has 48 heavy (non-hydrogen) atoms. The van der Waals surface area contributed by atoms with Crippen LogP contribution in [-0.4, -0.2) is 4.57 Å². The zero-order valence-electron chi connectivity index (χ0n) is 26.5. The Labute approximate surface area is 283 Å². The van der Waals surface area contributed by atoms with E-state index in [4.69, 9.17) is 0 Å². The Morgan fingerprint density at radius 2 is 1.27 bits per heavy atom. The van der Waals surface area contributed by atoms with Gasteiger partial charge in [-0.3, -0.25) is 0 Å². The van der Waals surface area contributed by atoms with E-state index in [1.54, 1.807) is 0 Å². The van der Waals surface area contributed by atoms with Crippen molar-refractivity contribution in [3.63, 3.8) is 0 Å². The van der Waals surface area contributed by atoms with Crippen molar-refractivity contribution >= 4 is 59.0 Å². The van der Waals surface area contributed by atoms with Gasteiger partial charge in [0.1, 0.15) is 0 Å². The molecule has 7 aromatic carbocycles. The fraction of sp³-hybridized carbons (Fsp3) is 0.0667. The zero-order valence-corrected chi connectivity index (χ0v) is 27.3. The van der Waals surface area contributed by atoms with Crippen LogP contribution in [0.15, 0.2) is 164 Å². The summed E-state index contributed by atoms with van der Waals surface area (Å²) in [4.78, 5) is 0. The molecule has 1 aliphatic heterocycles. The van der Waals surface area contributed by atoms with Crippen LogP contribution in [0.4, 0.5) is 5.69 Å². The SMILES string of the molecule is CC1(c2ccccc2)c2cc3c(cc2NC1c1ccccc1)c1ccccc1n3-c1ccc(-c2cccc3c2sc2ccccc23)cc1. The summed E-state index contributed by atoms with van der Waals surface area (Å²) in [6.07, 6.45) is 0. The first-order chi connectivity index (χ1) is 23.7. The number of hydrogen-bond acceptors (Lipinski definition) is 2. The number of rotatable bonds is 4. The number of aromatic nitrogens is 1. The molecule has 2 aromatic heterocycles. The van der Waals surface area contributed by atoms with E-state index in [9.17, 15) is 0 Å². The Kier molecular flexibility index (Phi) is 5.97. The highest BCUT2D eigenvalue weighted by Crippen LogP contribution is 2.54. The third-order valence-corrected chi connectivity index (χ3v) is 11.8. The molecule has 9 aromatic rings. The Morgan fingerprint density at radius 3 is 2.08 bits per heavy atom. The first kappa shape index (κ1) is 27.5. The summed E-state index contributed by atoms with van der Waals surface area (Å²) in [5.74, 6) is 0. The zero-order chi connectivity index (χ0) is 31.8. The molecule has 0 saturated carbocycles. The first-order valence-electron chi connectivity index (χ1n) is 16.6. The van der Waals surface area contributed by atoms with Crippen molar-refractivity contribution in [2.45, 2.75) is 18.4 Å². The molecule has 228 valence electrons. The van der Waals surface area contributed by atoms with Gasteiger partial charge in [0.25, 0.3) is 0 Å². The smallest absolute Gasteiger partial charge is 0.0649 e. The van der Waals surface area contributed by atoms with Crippen molar-refractivity contribution in [1.29, 1.82) is 0 Å². The molecule has 1 N–H and O–H groups in total. The Hall–Kier alpha value is -5.64. The fourth-order valence-electron chi connectivity index (χ4n) is 8.23. The van der Waals surface area contributed by atoms with Crippen molar-refractivity contribution in [2.24, 2.45) is 0 Å². The monoisotopic (exact) mass is 632 g/mol. The number of anilines is 1. The third-order valence-electron chi connectivity index (χ3n) is 10.6. The minimum atomic E-state index is -0.264. The van der Waals surface area contributed by atoms with Gasteiger partial charge in [0.15, 0.2) is 0 Å². The molecule has 2 atom stereocenters. The molecule has 0 aliphatic carbocycles. The van der Waals surface area contributed by atoms with Crippen molar-refractivity contribution in [3.8, 4) is 16.8 Å². The highest BCUT2D eigenvalue weighted by molar-refractivity contribution is 7.26. The first-order valence-corrected chi connectivity index (χ1v) is 17.5. The van der Waals surface area contributed by atoms with E-state index in [1.807, 2.05) is 11.3 Å². The number of nitrogens with one attached hydrogen (secondary N) is 1. The van der Waals surface area contributed by atoms with Crippen LogP contribution in [0.25, 0.3) is 58.8 Å². The van der Waals surface area contributed by atoms with Gasteiger partial charge in [0, 0.05) is 47.7 Å². The summed E-state index contributed by atoms with van der Waals surface area (Å²) in [6, 6.07) is 60.3. The average molecular weight is 633 g/mol. The minimum Gasteiger partial charge on any atom is -0.377 e. The molecule has 2 unspecified atom stereocenters. The van der Waals surface area contributed by atoms with E-state index in [2.05, 4.69) is 181 Å². The van der Waals surface area contributed by atoms with Crippen LogP contribution in [0, 0.1) is 0 Å². The highest BCUT2D eigenvalue weighted by atomic mass is 32.1. The van der Waals surface area contributed by atoms with E-state index in [0.717, 1.165) is 0 Å². The summed E-state index contributed by atoms with van der Waals surface area (Å²) in [5, 5.41) is 9.18. The molecule has 2 nitrogen and oxygen atoms in total. The Bertz CT molecular complexity index is 2650. The standard InChI is InChI=1S/C45H32N2S/c1-45(31-15-6-3-7-16-31)38-28-41-37(27-39(38)46-44(45)30-13-4-2-5-14-30)34-17-8-10-21-40(34)47(41)32-25-23-29(24-26-32)33-19-12-20-36-35-18-9-11-22-42(35)48-43(33)36/h2-28,44,46H,1H3. The molecule has 0 bridgehead atoms. The maximum absolute atomic E-state index is 3.99. The number of thiophene rings is 1. The van der Waals surface area contributed by atoms with Crippen LogP contribution in [-0.2, 0) is 5.41 Å². The second kappa shape index (κ2) is 10.4. The van der Waals surface area contributed by atoms with Gasteiger partial charge < -0.3 is 9.88 Å². The molecule has 0 radical (unpaired) electrons. The van der Waals surface area contributed by atoms with Gasteiger partial charge in [0.05, 0.1) is 17.1 Å². The molecule has 0 amide bonds. The molecule has 0 fully saturated rings. The quantitative estimate of drug-likeness (QED) is 0.204. The summed E-state index contributed by atoms with van der Waals surface area (Å²) in [6.45, 7) is 2.40. The minimum absolute atomic E-state index is 0.109. The molecule has 0 spiro atoms. The number of fused-ring (bicyclic) bond motifs is 7. The van der Waals surface area contributed by atoms with E-state index in [0.29, 0.717) is 0 Å². The molecule has 1 aliphatic rings. The van der Waals surface area contributed by atoms with Gasteiger partial charge in [0.2, 0.25) is 0 Å². The number of para-hydroxylation sites is 1. The van der Waals surface area contributed by atoms with E-state index >= 15 is 0 Å². The normalized spacial score (nSPS) is 17.3. The van der Waals surface area contributed by atoms with Crippen LogP contribution in [0.5, 0.6) is 0 Å². The average Bonchev–Trinajstić information content (AvgIpc) is 3.79. The van der Waals surface area contributed by atoms with Crippen LogP contribution >= 0.6 is 11.3 Å². The topological polar surface area (TPSA) is 17.0 Å². The Morgan fingerprint density at radius 1 is 0.583 bits per heavy atom. The van der Waals surface area contributed by atoms with Crippen LogP contribution < -0.4 is 5.32 Å². The van der Waals surface area contributed by atoms with Gasteiger partial charge in [-0.15, -0.1) is 11.3 Å². The lowest BCUT2D eigenvalue weighted by atomic mass is 9.71. The maximum Gasteiger partial charge on any atom is 0.0649 e. The molecular formula is C45H32N2S. The van der Waals surface area contributed by atoms with Gasteiger partial charge in [-0.05, 0) is 71.1 Å². The van der Waals surface area contributed by atoms with Gasteiger partial charge >= 0.3 is 0 Å². The number of benzene rings is 7. The van der Waals surface area contributed by atoms with Gasteiger partial charge in [-0.25, -0.2) is 0 Å². The number of nitrogens with zero attached hydrogens (tertiary/aromatic N) is 1. The third kappa shape index (κ3) is 3.92. The largest absolute Gasteiger partial charge is 0.377 e. The summed E-state index contributed by atoms with van der Waals surface area (Å²) < 4.78 is 5.14. The van der Waals surface area contributed by atoms with Gasteiger partial charge in [-0.1, -0.05) is 127 Å². The second-order valence-corrected chi connectivity index (χ2v) is 14.2. The summed E-state index contributed by atoms with van der Waals surface area (Å²) in [5.41, 5.74) is 11.0. The lowest BCUT2D eigenvalue weighted by molar-refractivity contribution is 0.514. The molecule has 3 heteroatoms. The van der Waals surface area contributed by atoms with Crippen molar-refractivity contribution in [3.05, 3.63) is 180 Å². The molecular weight excluding hydrogens is 601 g/mol. The highest BCUT2D eigenvalue weighted by Gasteiger charge is 2.45.